The highest BCUT2D eigenvalue weighted by atomic mass is 16.3. The summed E-state index contributed by atoms with van der Waals surface area (Å²) in [5, 5.41) is 12.9. The van der Waals surface area contributed by atoms with E-state index in [-0.39, 0.29) is 0 Å². The van der Waals surface area contributed by atoms with E-state index in [0.29, 0.717) is 17.7 Å². The minimum atomic E-state index is 0.324. The highest BCUT2D eigenvalue weighted by molar-refractivity contribution is 5.29. The molecule has 0 aliphatic rings. The highest BCUT2D eigenvalue weighted by Gasteiger charge is 2.12. The van der Waals surface area contributed by atoms with E-state index in [4.69, 9.17) is 0 Å². The minimum absolute atomic E-state index is 0.324. The molecule has 2 N–H and O–H groups in total. The van der Waals surface area contributed by atoms with Crippen LogP contribution in [-0.4, -0.2) is 17.7 Å². The average molecular weight is 269 g/mol. The molecular weight excluding hydrogens is 246 g/mol. The van der Waals surface area contributed by atoms with Gasteiger partial charge in [0.2, 0.25) is 0 Å². The van der Waals surface area contributed by atoms with E-state index in [1.807, 2.05) is 12.1 Å². The molecule has 0 radical (unpaired) electrons. The van der Waals surface area contributed by atoms with Gasteiger partial charge in [0.25, 0.3) is 0 Å². The summed E-state index contributed by atoms with van der Waals surface area (Å²) in [7, 11) is 0. The Morgan fingerprint density at radius 1 is 0.950 bits per heavy atom. The Labute approximate surface area is 121 Å². The van der Waals surface area contributed by atoms with Gasteiger partial charge in [0.05, 0.1) is 0 Å². The number of hydrogen-bond donors (Lipinski definition) is 2. The molecule has 2 nitrogen and oxygen atoms in total. The van der Waals surface area contributed by atoms with Crippen molar-refractivity contribution in [3.63, 3.8) is 0 Å². The van der Waals surface area contributed by atoms with Crippen LogP contribution in [0.3, 0.4) is 0 Å². The van der Waals surface area contributed by atoms with E-state index in [1.54, 1.807) is 12.1 Å². The van der Waals surface area contributed by atoms with E-state index < -0.39 is 0 Å². The van der Waals surface area contributed by atoms with Crippen molar-refractivity contribution in [1.82, 2.24) is 5.32 Å². The molecule has 2 aromatic rings. The molecule has 0 aromatic heterocycles. The predicted molar refractivity (Wildman–Crippen MR) is 84.1 cm³/mol. The van der Waals surface area contributed by atoms with Gasteiger partial charge in [-0.25, -0.2) is 0 Å². The summed E-state index contributed by atoms with van der Waals surface area (Å²) in [5.74, 6) is 0.772. The van der Waals surface area contributed by atoms with E-state index in [2.05, 4.69) is 49.5 Å². The van der Waals surface area contributed by atoms with Crippen LogP contribution in [0.5, 0.6) is 5.75 Å². The molecule has 106 valence electrons. The van der Waals surface area contributed by atoms with Crippen LogP contribution >= 0.6 is 0 Å². The third-order valence-corrected chi connectivity index (χ3v) is 3.46. The van der Waals surface area contributed by atoms with Gasteiger partial charge in [-0.05, 0) is 29.7 Å². The largest absolute Gasteiger partial charge is 0.508 e. The third kappa shape index (κ3) is 4.39. The number of hydrogen-bond acceptors (Lipinski definition) is 2. The SMILES string of the molecule is CC(C)NCC(Cc1ccc(O)cc1)c1ccccc1. The van der Waals surface area contributed by atoms with Crippen LogP contribution in [0.2, 0.25) is 0 Å². The molecule has 0 fully saturated rings. The van der Waals surface area contributed by atoms with Gasteiger partial charge in [0.15, 0.2) is 0 Å². The number of phenols is 1. The van der Waals surface area contributed by atoms with Crippen LogP contribution in [0.1, 0.15) is 30.9 Å². The molecular formula is C18H23NO. The minimum Gasteiger partial charge on any atom is -0.508 e. The summed E-state index contributed by atoms with van der Waals surface area (Å²) in [6, 6.07) is 18.6. The lowest BCUT2D eigenvalue weighted by Gasteiger charge is -2.20. The fraction of sp³-hybridized carbons (Fsp3) is 0.333. The maximum atomic E-state index is 9.37. The first-order valence-electron chi connectivity index (χ1n) is 7.21. The van der Waals surface area contributed by atoms with Gasteiger partial charge < -0.3 is 10.4 Å². The average Bonchev–Trinajstić information content (AvgIpc) is 2.46. The lowest BCUT2D eigenvalue weighted by Crippen LogP contribution is -2.28. The zero-order valence-corrected chi connectivity index (χ0v) is 12.2. The van der Waals surface area contributed by atoms with Gasteiger partial charge in [0, 0.05) is 18.5 Å². The Bertz CT molecular complexity index is 505. The lowest BCUT2D eigenvalue weighted by molar-refractivity contribution is 0.474. The van der Waals surface area contributed by atoms with Crippen molar-refractivity contribution in [2.24, 2.45) is 0 Å². The molecule has 20 heavy (non-hydrogen) atoms. The number of nitrogens with one attached hydrogen (secondary N) is 1. The zero-order valence-electron chi connectivity index (χ0n) is 12.2. The maximum Gasteiger partial charge on any atom is 0.115 e. The first-order valence-corrected chi connectivity index (χ1v) is 7.21. The summed E-state index contributed by atoms with van der Waals surface area (Å²) in [5.41, 5.74) is 2.61. The molecule has 2 rings (SSSR count). The van der Waals surface area contributed by atoms with Crippen molar-refractivity contribution in [2.45, 2.75) is 32.2 Å². The zero-order chi connectivity index (χ0) is 14.4. The van der Waals surface area contributed by atoms with Crippen molar-refractivity contribution in [3.8, 4) is 5.75 Å². The summed E-state index contributed by atoms with van der Waals surface area (Å²) in [6.07, 6.45) is 0.976. The normalized spacial score (nSPS) is 12.6. The highest BCUT2D eigenvalue weighted by Crippen LogP contribution is 2.21. The Kier molecular flexibility index (Phi) is 5.19. The predicted octanol–water partition coefficient (Wildman–Crippen LogP) is 3.72. The van der Waals surface area contributed by atoms with Crippen LogP contribution in [0.25, 0.3) is 0 Å². The molecule has 0 amide bonds. The Morgan fingerprint density at radius 3 is 2.20 bits per heavy atom. The second-order valence-electron chi connectivity index (χ2n) is 5.54. The van der Waals surface area contributed by atoms with Crippen LogP contribution in [0.4, 0.5) is 0 Å². The molecule has 0 aliphatic carbocycles. The molecule has 0 heterocycles. The summed E-state index contributed by atoms with van der Waals surface area (Å²) in [6.45, 7) is 5.30. The van der Waals surface area contributed by atoms with Crippen LogP contribution < -0.4 is 5.32 Å². The van der Waals surface area contributed by atoms with Gasteiger partial charge in [-0.1, -0.05) is 56.3 Å². The first-order chi connectivity index (χ1) is 9.65. The van der Waals surface area contributed by atoms with E-state index in [1.165, 1.54) is 11.1 Å². The maximum absolute atomic E-state index is 9.37. The number of rotatable bonds is 6. The van der Waals surface area contributed by atoms with Gasteiger partial charge in [0.1, 0.15) is 5.75 Å². The molecule has 0 saturated carbocycles. The fourth-order valence-electron chi connectivity index (χ4n) is 2.33. The van der Waals surface area contributed by atoms with E-state index in [9.17, 15) is 5.11 Å². The smallest absolute Gasteiger partial charge is 0.115 e. The Morgan fingerprint density at radius 2 is 1.60 bits per heavy atom. The number of phenolic OH excluding ortho intramolecular Hbond substituents is 1. The second kappa shape index (κ2) is 7.11. The Balaban J connectivity index is 2.12. The number of aromatic hydroxyl groups is 1. The van der Waals surface area contributed by atoms with E-state index in [0.717, 1.165) is 13.0 Å². The molecule has 2 aromatic carbocycles. The fourth-order valence-corrected chi connectivity index (χ4v) is 2.33. The standard InChI is InChI=1S/C18H23NO/c1-14(2)19-13-17(16-6-4-3-5-7-16)12-15-8-10-18(20)11-9-15/h3-11,14,17,19-20H,12-13H2,1-2H3. The first kappa shape index (κ1) is 14.6. The van der Waals surface area contributed by atoms with Crippen LogP contribution in [-0.2, 0) is 6.42 Å². The topological polar surface area (TPSA) is 32.3 Å². The molecule has 0 spiro atoms. The molecule has 2 heteroatoms. The molecule has 0 bridgehead atoms. The third-order valence-electron chi connectivity index (χ3n) is 3.46. The second-order valence-corrected chi connectivity index (χ2v) is 5.54. The lowest BCUT2D eigenvalue weighted by atomic mass is 9.91. The molecule has 1 unspecified atom stereocenters. The van der Waals surface area contributed by atoms with Crippen molar-refractivity contribution in [3.05, 3.63) is 65.7 Å². The van der Waals surface area contributed by atoms with Gasteiger partial charge in [-0.3, -0.25) is 0 Å². The van der Waals surface area contributed by atoms with Crippen molar-refractivity contribution >= 4 is 0 Å². The summed E-state index contributed by atoms with van der Waals surface area (Å²) >= 11 is 0. The van der Waals surface area contributed by atoms with Gasteiger partial charge >= 0.3 is 0 Å². The van der Waals surface area contributed by atoms with Crippen molar-refractivity contribution in [2.75, 3.05) is 6.54 Å². The Hall–Kier alpha value is -1.80. The van der Waals surface area contributed by atoms with Crippen LogP contribution in [0.15, 0.2) is 54.6 Å². The quantitative estimate of drug-likeness (QED) is 0.837. The monoisotopic (exact) mass is 269 g/mol. The van der Waals surface area contributed by atoms with Gasteiger partial charge in [-0.15, -0.1) is 0 Å². The molecule has 0 aliphatic heterocycles. The van der Waals surface area contributed by atoms with E-state index >= 15 is 0 Å². The summed E-state index contributed by atoms with van der Waals surface area (Å²) in [4.78, 5) is 0. The number of benzene rings is 2. The molecule has 1 atom stereocenters. The van der Waals surface area contributed by atoms with Gasteiger partial charge in [-0.2, -0.15) is 0 Å². The van der Waals surface area contributed by atoms with Crippen molar-refractivity contribution < 1.29 is 5.11 Å². The summed E-state index contributed by atoms with van der Waals surface area (Å²) < 4.78 is 0. The molecule has 0 saturated heterocycles. The van der Waals surface area contributed by atoms with Crippen molar-refractivity contribution in [1.29, 1.82) is 0 Å². The van der Waals surface area contributed by atoms with Crippen LogP contribution in [0, 0.1) is 0 Å².